The maximum Gasteiger partial charge on any atom is 0.418 e. The Balaban J connectivity index is 1.66. The molecule has 0 aliphatic heterocycles. The van der Waals surface area contributed by atoms with E-state index in [4.69, 9.17) is 0 Å². The van der Waals surface area contributed by atoms with Gasteiger partial charge in [0.25, 0.3) is 0 Å². The number of hydrogen-bond donors (Lipinski definition) is 1. The van der Waals surface area contributed by atoms with E-state index in [0.717, 1.165) is 29.2 Å². The third-order valence-electron chi connectivity index (χ3n) is 4.24. The number of rotatable bonds is 9. The Kier molecular flexibility index (Phi) is 8.14. The number of allylic oxidation sites excluding steroid dienone is 1. The molecular weight excluding hydrogens is 473 g/mol. The predicted molar refractivity (Wildman–Crippen MR) is 122 cm³/mol. The zero-order valence-corrected chi connectivity index (χ0v) is 19.5. The number of thioether (sulfide) groups is 2. The fourth-order valence-electron chi connectivity index (χ4n) is 2.89. The SMILES string of the molecule is C=CCn1c(CSc2nc(C)cc(C)n2)nnc1SCC(=O)Nc1ccccc1C(F)(F)F. The number of para-hydroxylation sites is 1. The number of anilines is 1. The van der Waals surface area contributed by atoms with Crippen molar-refractivity contribution in [3.8, 4) is 0 Å². The number of nitrogens with one attached hydrogen (secondary N) is 1. The van der Waals surface area contributed by atoms with Crippen molar-refractivity contribution < 1.29 is 18.0 Å². The third kappa shape index (κ3) is 6.81. The van der Waals surface area contributed by atoms with Crippen LogP contribution in [0.25, 0.3) is 0 Å². The van der Waals surface area contributed by atoms with E-state index >= 15 is 0 Å². The van der Waals surface area contributed by atoms with Crippen molar-refractivity contribution in [2.75, 3.05) is 11.1 Å². The van der Waals surface area contributed by atoms with Crippen LogP contribution in [0.3, 0.4) is 0 Å². The van der Waals surface area contributed by atoms with Crippen LogP contribution in [-0.4, -0.2) is 36.4 Å². The standard InChI is InChI=1S/C21H21F3N6OS2/c1-4-9-30-17(11-32-19-25-13(2)10-14(3)26-19)28-29-20(30)33-12-18(31)27-16-8-6-5-7-15(16)21(22,23)24/h4-8,10H,1,9,11-12H2,2-3H3,(H,27,31). The summed E-state index contributed by atoms with van der Waals surface area (Å²) in [4.78, 5) is 21.1. The maximum atomic E-state index is 13.1. The molecule has 0 saturated carbocycles. The van der Waals surface area contributed by atoms with Gasteiger partial charge in [-0.2, -0.15) is 13.2 Å². The smallest absolute Gasteiger partial charge is 0.325 e. The second-order valence-corrected chi connectivity index (χ2v) is 8.79. The van der Waals surface area contributed by atoms with Crippen molar-refractivity contribution in [1.82, 2.24) is 24.7 Å². The summed E-state index contributed by atoms with van der Waals surface area (Å²) in [6.07, 6.45) is -2.89. The van der Waals surface area contributed by atoms with Crippen LogP contribution in [0.15, 0.2) is 53.3 Å². The second kappa shape index (κ2) is 10.8. The van der Waals surface area contributed by atoms with Crippen LogP contribution in [0.5, 0.6) is 0 Å². The molecule has 1 N–H and O–H groups in total. The molecule has 2 heterocycles. The van der Waals surface area contributed by atoms with E-state index in [-0.39, 0.29) is 11.4 Å². The number of aryl methyl sites for hydroxylation is 2. The summed E-state index contributed by atoms with van der Waals surface area (Å²) in [5, 5.41) is 11.7. The number of alkyl halides is 3. The van der Waals surface area contributed by atoms with Crippen LogP contribution in [0.2, 0.25) is 0 Å². The third-order valence-corrected chi connectivity index (χ3v) is 6.05. The maximum absolute atomic E-state index is 13.1. The highest BCUT2D eigenvalue weighted by atomic mass is 32.2. The van der Waals surface area contributed by atoms with Gasteiger partial charge in [-0.15, -0.1) is 16.8 Å². The van der Waals surface area contributed by atoms with Crippen LogP contribution >= 0.6 is 23.5 Å². The van der Waals surface area contributed by atoms with Gasteiger partial charge in [0.15, 0.2) is 10.3 Å². The van der Waals surface area contributed by atoms with Gasteiger partial charge in [0, 0.05) is 17.9 Å². The molecule has 0 atom stereocenters. The van der Waals surface area contributed by atoms with Crippen molar-refractivity contribution in [3.05, 3.63) is 65.8 Å². The van der Waals surface area contributed by atoms with E-state index < -0.39 is 17.6 Å². The summed E-state index contributed by atoms with van der Waals surface area (Å²) in [6.45, 7) is 7.94. The Labute approximate surface area is 197 Å². The van der Waals surface area contributed by atoms with Crippen LogP contribution in [-0.2, 0) is 23.3 Å². The van der Waals surface area contributed by atoms with Crippen molar-refractivity contribution in [3.63, 3.8) is 0 Å². The Morgan fingerprint density at radius 2 is 1.85 bits per heavy atom. The lowest BCUT2D eigenvalue weighted by atomic mass is 10.1. The highest BCUT2D eigenvalue weighted by molar-refractivity contribution is 7.99. The summed E-state index contributed by atoms with van der Waals surface area (Å²) in [5.74, 6) is 0.391. The van der Waals surface area contributed by atoms with Gasteiger partial charge in [0.05, 0.1) is 22.8 Å². The molecular formula is C21H21F3N6OS2. The monoisotopic (exact) mass is 494 g/mol. The number of halogens is 3. The van der Waals surface area contributed by atoms with Crippen molar-refractivity contribution in [1.29, 1.82) is 0 Å². The molecule has 0 bridgehead atoms. The summed E-state index contributed by atoms with van der Waals surface area (Å²) in [5.41, 5.74) is 0.554. The van der Waals surface area contributed by atoms with Crippen LogP contribution in [0.1, 0.15) is 22.8 Å². The highest BCUT2D eigenvalue weighted by Crippen LogP contribution is 2.34. The summed E-state index contributed by atoms with van der Waals surface area (Å²) in [7, 11) is 0. The molecule has 0 spiro atoms. The molecule has 33 heavy (non-hydrogen) atoms. The molecule has 12 heteroatoms. The zero-order chi connectivity index (χ0) is 24.0. The molecule has 1 amide bonds. The Morgan fingerprint density at radius 3 is 2.52 bits per heavy atom. The second-order valence-electron chi connectivity index (χ2n) is 6.90. The molecule has 0 unspecified atom stereocenters. The lowest BCUT2D eigenvalue weighted by Crippen LogP contribution is -2.18. The van der Waals surface area contributed by atoms with Crippen LogP contribution in [0, 0.1) is 13.8 Å². The van der Waals surface area contributed by atoms with E-state index in [1.165, 1.54) is 30.0 Å². The van der Waals surface area contributed by atoms with Crippen molar-refractivity contribution in [2.45, 2.75) is 42.6 Å². The van der Waals surface area contributed by atoms with Gasteiger partial charge >= 0.3 is 6.18 Å². The fraction of sp³-hybridized carbons (Fsp3) is 0.286. The largest absolute Gasteiger partial charge is 0.418 e. The average molecular weight is 495 g/mol. The number of carbonyl (C=O) groups excluding carboxylic acids is 1. The minimum absolute atomic E-state index is 0.130. The number of nitrogens with zero attached hydrogens (tertiary/aromatic N) is 5. The summed E-state index contributed by atoms with van der Waals surface area (Å²) >= 11 is 2.49. The van der Waals surface area contributed by atoms with Crippen molar-refractivity contribution >= 4 is 35.1 Å². The first-order chi connectivity index (χ1) is 15.7. The van der Waals surface area contributed by atoms with Gasteiger partial charge in [-0.25, -0.2) is 9.97 Å². The van der Waals surface area contributed by atoms with E-state index in [1.54, 1.807) is 10.6 Å². The lowest BCUT2D eigenvalue weighted by Gasteiger charge is -2.13. The Bertz CT molecular complexity index is 1130. The Hall–Kier alpha value is -2.86. The number of aromatic nitrogens is 5. The van der Waals surface area contributed by atoms with Gasteiger partial charge in [-0.05, 0) is 32.0 Å². The van der Waals surface area contributed by atoms with Gasteiger partial charge in [-0.3, -0.25) is 4.79 Å². The molecule has 0 aliphatic rings. The van der Waals surface area contributed by atoms with Gasteiger partial charge in [-0.1, -0.05) is 41.7 Å². The topological polar surface area (TPSA) is 85.6 Å². The molecule has 7 nitrogen and oxygen atoms in total. The minimum Gasteiger partial charge on any atom is -0.325 e. The van der Waals surface area contributed by atoms with Crippen molar-refractivity contribution in [2.24, 2.45) is 0 Å². The van der Waals surface area contributed by atoms with E-state index in [9.17, 15) is 18.0 Å². The predicted octanol–water partition coefficient (Wildman–Crippen LogP) is 4.91. The minimum atomic E-state index is -4.56. The first-order valence-electron chi connectivity index (χ1n) is 9.74. The number of carbonyl (C=O) groups is 1. The molecule has 3 rings (SSSR count). The first-order valence-corrected chi connectivity index (χ1v) is 11.7. The summed E-state index contributed by atoms with van der Waals surface area (Å²) < 4.78 is 41.2. The van der Waals surface area contributed by atoms with Gasteiger partial charge in [0.2, 0.25) is 5.91 Å². The average Bonchev–Trinajstić information content (AvgIpc) is 3.11. The van der Waals surface area contributed by atoms with Gasteiger partial charge < -0.3 is 9.88 Å². The highest BCUT2D eigenvalue weighted by Gasteiger charge is 2.33. The van der Waals surface area contributed by atoms with E-state index in [2.05, 4.69) is 32.1 Å². The molecule has 174 valence electrons. The molecule has 3 aromatic rings. The molecule has 0 aliphatic carbocycles. The zero-order valence-electron chi connectivity index (χ0n) is 17.9. The normalized spacial score (nSPS) is 11.4. The van der Waals surface area contributed by atoms with E-state index in [1.807, 2.05) is 19.9 Å². The molecule has 0 radical (unpaired) electrons. The van der Waals surface area contributed by atoms with Crippen LogP contribution in [0.4, 0.5) is 18.9 Å². The molecule has 2 aromatic heterocycles. The van der Waals surface area contributed by atoms with Crippen LogP contribution < -0.4 is 5.32 Å². The first kappa shape index (κ1) is 24.8. The summed E-state index contributed by atoms with van der Waals surface area (Å²) in [6, 6.07) is 6.73. The van der Waals surface area contributed by atoms with Gasteiger partial charge in [0.1, 0.15) is 5.82 Å². The lowest BCUT2D eigenvalue weighted by molar-refractivity contribution is -0.137. The molecule has 0 fully saturated rings. The van der Waals surface area contributed by atoms with E-state index in [0.29, 0.717) is 28.4 Å². The number of hydrogen-bond acceptors (Lipinski definition) is 7. The Morgan fingerprint density at radius 1 is 1.15 bits per heavy atom. The molecule has 1 aromatic carbocycles. The number of benzene rings is 1. The fourth-order valence-corrected chi connectivity index (χ4v) is 4.54. The number of amides is 1. The molecule has 0 saturated heterocycles. The quantitative estimate of drug-likeness (QED) is 0.257.